The van der Waals surface area contributed by atoms with Crippen LogP contribution in [0.5, 0.6) is 0 Å². The molecule has 0 spiro atoms. The summed E-state index contributed by atoms with van der Waals surface area (Å²) in [5, 5.41) is 0.965. The predicted molar refractivity (Wildman–Crippen MR) is 81.5 cm³/mol. The fourth-order valence-electron chi connectivity index (χ4n) is 2.16. The van der Waals surface area contributed by atoms with E-state index in [1.54, 1.807) is 18.5 Å². The van der Waals surface area contributed by atoms with Gasteiger partial charge in [0, 0.05) is 24.0 Å². The number of ether oxygens (including phenoxy) is 1. The van der Waals surface area contributed by atoms with Crippen LogP contribution in [0.1, 0.15) is 23.1 Å². The Bertz CT molecular complexity index is 778. The van der Waals surface area contributed by atoms with E-state index in [9.17, 15) is 4.79 Å². The van der Waals surface area contributed by atoms with Crippen LogP contribution in [0.3, 0.4) is 0 Å². The fraction of sp³-hybridized carbons (Fsp3) is 0.267. The molecule has 2 heterocycles. The number of aryl methyl sites for hydroxylation is 1. The molecule has 0 fully saturated rings. The Morgan fingerprint density at radius 1 is 1.48 bits per heavy atom. The predicted octanol–water partition coefficient (Wildman–Crippen LogP) is 3.05. The third-order valence-corrected chi connectivity index (χ3v) is 4.05. The van der Waals surface area contributed by atoms with E-state index in [1.807, 2.05) is 36.7 Å². The van der Waals surface area contributed by atoms with Crippen molar-refractivity contribution in [2.24, 2.45) is 0 Å². The smallest absolute Gasteiger partial charge is 0.338 e. The van der Waals surface area contributed by atoms with E-state index in [0.29, 0.717) is 12.1 Å². The zero-order chi connectivity index (χ0) is 14.8. The first-order valence-corrected chi connectivity index (χ1v) is 7.44. The number of rotatable bonds is 4. The number of hydrogen-bond acceptors (Lipinski definition) is 5. The van der Waals surface area contributed by atoms with Gasteiger partial charge in [0.25, 0.3) is 0 Å². The first-order chi connectivity index (χ1) is 10.1. The molecule has 1 unspecified atom stereocenters. The van der Waals surface area contributed by atoms with Crippen LogP contribution in [0, 0.1) is 6.92 Å². The maximum Gasteiger partial charge on any atom is 0.338 e. The van der Waals surface area contributed by atoms with E-state index < -0.39 is 0 Å². The van der Waals surface area contributed by atoms with Gasteiger partial charge in [0.15, 0.2) is 0 Å². The number of nitrogens with zero attached hydrogens (tertiary/aromatic N) is 3. The van der Waals surface area contributed by atoms with Gasteiger partial charge in [-0.2, -0.15) is 4.37 Å². The molecule has 0 aliphatic heterocycles. The van der Waals surface area contributed by atoms with Crippen LogP contribution in [-0.4, -0.2) is 26.0 Å². The lowest BCUT2D eigenvalue weighted by Gasteiger charge is -2.14. The van der Waals surface area contributed by atoms with Crippen molar-refractivity contribution < 1.29 is 9.53 Å². The van der Waals surface area contributed by atoms with Crippen molar-refractivity contribution in [1.82, 2.24) is 13.9 Å². The van der Waals surface area contributed by atoms with E-state index in [0.717, 1.165) is 15.9 Å². The Morgan fingerprint density at radius 2 is 2.33 bits per heavy atom. The Kier molecular flexibility index (Phi) is 3.70. The van der Waals surface area contributed by atoms with Crippen molar-refractivity contribution in [2.75, 3.05) is 0 Å². The van der Waals surface area contributed by atoms with Crippen LogP contribution in [0.15, 0.2) is 36.8 Å². The average Bonchev–Trinajstić information content (AvgIpc) is 3.07. The number of hydrogen-bond donors (Lipinski definition) is 0. The Hall–Kier alpha value is -2.21. The molecule has 108 valence electrons. The number of aromatic nitrogens is 3. The van der Waals surface area contributed by atoms with Gasteiger partial charge in [0.1, 0.15) is 11.9 Å². The van der Waals surface area contributed by atoms with E-state index in [4.69, 9.17) is 4.74 Å². The minimum absolute atomic E-state index is 0.221. The standard InChI is InChI=1S/C15H15N3O2S/c1-10(9-18-6-5-16-11(18)2)20-15(19)12-3-4-14-13(7-12)8-17-21-14/h3-8,10H,9H2,1-2H3. The summed E-state index contributed by atoms with van der Waals surface area (Å²) < 4.78 is 12.6. The minimum atomic E-state index is -0.312. The largest absolute Gasteiger partial charge is 0.457 e. The van der Waals surface area contributed by atoms with Gasteiger partial charge in [-0.15, -0.1) is 0 Å². The number of benzene rings is 1. The molecule has 1 atom stereocenters. The molecule has 0 saturated heterocycles. The number of carbonyl (C=O) groups excluding carboxylic acids is 1. The molecule has 5 nitrogen and oxygen atoms in total. The molecule has 0 bridgehead atoms. The highest BCUT2D eigenvalue weighted by Crippen LogP contribution is 2.20. The zero-order valence-electron chi connectivity index (χ0n) is 11.8. The molecule has 0 saturated carbocycles. The van der Waals surface area contributed by atoms with Crippen molar-refractivity contribution in [3.05, 3.63) is 48.2 Å². The van der Waals surface area contributed by atoms with Gasteiger partial charge in [-0.1, -0.05) is 0 Å². The van der Waals surface area contributed by atoms with Crippen molar-refractivity contribution in [1.29, 1.82) is 0 Å². The SMILES string of the molecule is Cc1nccn1CC(C)OC(=O)c1ccc2sncc2c1. The van der Waals surface area contributed by atoms with Gasteiger partial charge in [0.2, 0.25) is 0 Å². The molecular weight excluding hydrogens is 286 g/mol. The first-order valence-electron chi connectivity index (χ1n) is 6.66. The average molecular weight is 301 g/mol. The van der Waals surface area contributed by atoms with Gasteiger partial charge >= 0.3 is 5.97 Å². The minimum Gasteiger partial charge on any atom is -0.457 e. The van der Waals surface area contributed by atoms with Crippen LogP contribution in [0.2, 0.25) is 0 Å². The highest BCUT2D eigenvalue weighted by atomic mass is 32.1. The molecule has 0 N–H and O–H groups in total. The van der Waals surface area contributed by atoms with Gasteiger partial charge in [-0.05, 0) is 43.6 Å². The van der Waals surface area contributed by atoms with Gasteiger partial charge in [-0.3, -0.25) is 0 Å². The first kappa shape index (κ1) is 13.8. The monoisotopic (exact) mass is 301 g/mol. The summed E-state index contributed by atoms with van der Waals surface area (Å²) in [4.78, 5) is 16.3. The lowest BCUT2D eigenvalue weighted by atomic mass is 10.2. The van der Waals surface area contributed by atoms with Crippen LogP contribution in [0.4, 0.5) is 0 Å². The summed E-state index contributed by atoms with van der Waals surface area (Å²) in [6.07, 6.45) is 5.15. The van der Waals surface area contributed by atoms with Crippen molar-refractivity contribution in [3.8, 4) is 0 Å². The second-order valence-electron chi connectivity index (χ2n) is 4.92. The summed E-state index contributed by atoms with van der Waals surface area (Å²) in [5.41, 5.74) is 0.553. The number of carbonyl (C=O) groups is 1. The lowest BCUT2D eigenvalue weighted by Crippen LogP contribution is -2.21. The number of fused-ring (bicyclic) bond motifs is 1. The molecule has 0 aliphatic carbocycles. The molecule has 3 rings (SSSR count). The van der Waals surface area contributed by atoms with Gasteiger partial charge in [-0.25, -0.2) is 9.78 Å². The molecule has 21 heavy (non-hydrogen) atoms. The van der Waals surface area contributed by atoms with Crippen LogP contribution >= 0.6 is 11.5 Å². The van der Waals surface area contributed by atoms with Crippen LogP contribution in [-0.2, 0) is 11.3 Å². The molecule has 3 aromatic rings. The molecule has 2 aromatic heterocycles. The fourth-order valence-corrected chi connectivity index (χ4v) is 2.79. The lowest BCUT2D eigenvalue weighted by molar-refractivity contribution is 0.0305. The van der Waals surface area contributed by atoms with E-state index in [2.05, 4.69) is 9.36 Å². The van der Waals surface area contributed by atoms with Crippen LogP contribution < -0.4 is 0 Å². The summed E-state index contributed by atoms with van der Waals surface area (Å²) in [7, 11) is 0. The molecule has 0 amide bonds. The van der Waals surface area contributed by atoms with Crippen molar-refractivity contribution >= 4 is 27.6 Å². The van der Waals surface area contributed by atoms with Crippen LogP contribution in [0.25, 0.3) is 10.1 Å². The topological polar surface area (TPSA) is 57.0 Å². The second kappa shape index (κ2) is 5.65. The summed E-state index contributed by atoms with van der Waals surface area (Å²) >= 11 is 1.41. The van der Waals surface area contributed by atoms with Gasteiger partial charge in [0.05, 0.1) is 16.8 Å². The molecular formula is C15H15N3O2S. The zero-order valence-corrected chi connectivity index (χ0v) is 12.6. The Morgan fingerprint density at radius 3 is 3.10 bits per heavy atom. The highest BCUT2D eigenvalue weighted by molar-refractivity contribution is 7.13. The maximum atomic E-state index is 12.2. The highest BCUT2D eigenvalue weighted by Gasteiger charge is 2.14. The van der Waals surface area contributed by atoms with E-state index in [1.165, 1.54) is 11.5 Å². The maximum absolute atomic E-state index is 12.2. The summed E-state index contributed by atoms with van der Waals surface area (Å²) in [5.74, 6) is 0.594. The normalized spacial score (nSPS) is 12.5. The third kappa shape index (κ3) is 2.95. The van der Waals surface area contributed by atoms with Gasteiger partial charge < -0.3 is 9.30 Å². The van der Waals surface area contributed by atoms with Crippen molar-refractivity contribution in [3.63, 3.8) is 0 Å². The quantitative estimate of drug-likeness (QED) is 0.695. The summed E-state index contributed by atoms with van der Waals surface area (Å²) in [6.45, 7) is 4.40. The molecule has 6 heteroatoms. The Balaban J connectivity index is 1.69. The number of esters is 1. The molecule has 0 aliphatic rings. The van der Waals surface area contributed by atoms with E-state index in [-0.39, 0.29) is 12.1 Å². The molecule has 1 aromatic carbocycles. The van der Waals surface area contributed by atoms with E-state index >= 15 is 0 Å². The molecule has 0 radical (unpaired) electrons. The third-order valence-electron chi connectivity index (χ3n) is 3.27. The number of imidazole rings is 1. The Labute approximate surface area is 126 Å². The van der Waals surface area contributed by atoms with Crippen molar-refractivity contribution in [2.45, 2.75) is 26.5 Å². The summed E-state index contributed by atoms with van der Waals surface area (Å²) in [6, 6.07) is 5.49. The second-order valence-corrected chi connectivity index (χ2v) is 5.75.